The van der Waals surface area contributed by atoms with Crippen LogP contribution in [-0.2, 0) is 23.9 Å². The molecule has 2 rings (SSSR count). The van der Waals surface area contributed by atoms with Crippen LogP contribution in [0.15, 0.2) is 12.0 Å². The van der Waals surface area contributed by atoms with Gasteiger partial charge in [0.05, 0.1) is 6.04 Å². The Bertz CT molecular complexity index is 911. The minimum absolute atomic E-state index is 0.00463. The largest absolute Gasteiger partial charge is 0.448 e. The van der Waals surface area contributed by atoms with Crippen molar-refractivity contribution in [3.8, 4) is 0 Å². The summed E-state index contributed by atoms with van der Waals surface area (Å²) in [4.78, 5) is 45.2. The standard InChI is InChI=1S/C15H30O.C14H27N3O2.C11H18O2/c1-5-8-10-14(7-3)12-15(13(4)16)11-9-6-2;1-3-7-12(19-14(15)16)17-13(10(2)18)11-8-5-4-6-9-11;1-3-8(2)10(11(13)7-12)6-9-4-5-9/h14-15H,5-12H2,1-4H3;7,11,13-14,17H,3-6,8-9,15-16H2,1-2H3;7-10H,3-6H2,1-2H3/b;12-7+;/t14-,15?;;/m1../s1. The number of Topliss-reactive ketones (excluding diaryl/α,β-unsaturated/α-hetero) is 3. The number of nitrogens with two attached hydrogens (primary N) is 2. The van der Waals surface area contributed by atoms with E-state index < -0.39 is 6.35 Å². The quantitative estimate of drug-likeness (QED) is 0.0422. The first-order chi connectivity index (χ1) is 22.9. The maximum atomic E-state index is 11.9. The summed E-state index contributed by atoms with van der Waals surface area (Å²) >= 11 is 0. The van der Waals surface area contributed by atoms with Gasteiger partial charge >= 0.3 is 0 Å². The molecule has 8 nitrogen and oxygen atoms in total. The molecule has 2 saturated carbocycles. The van der Waals surface area contributed by atoms with Crippen LogP contribution < -0.4 is 16.8 Å². The highest BCUT2D eigenvalue weighted by molar-refractivity contribution is 6.26. The second-order valence-corrected chi connectivity index (χ2v) is 14.5. The van der Waals surface area contributed by atoms with Crippen LogP contribution in [0.25, 0.3) is 0 Å². The third-order valence-corrected chi connectivity index (χ3v) is 10.2. The number of carbonyl (C=O) groups excluding carboxylic acids is 4. The molecule has 0 aliphatic heterocycles. The molecule has 0 aromatic carbocycles. The molecular formula is C40H75N3O5. The zero-order chi connectivity index (χ0) is 36.5. The number of rotatable bonds is 23. The van der Waals surface area contributed by atoms with Crippen molar-refractivity contribution in [3.05, 3.63) is 12.0 Å². The molecule has 0 bridgehead atoms. The Morgan fingerprint density at radius 2 is 1.46 bits per heavy atom. The van der Waals surface area contributed by atoms with Crippen molar-refractivity contribution in [2.24, 2.45) is 47.0 Å². The zero-order valence-electron chi connectivity index (χ0n) is 32.2. The van der Waals surface area contributed by atoms with E-state index in [9.17, 15) is 19.2 Å². The molecule has 4 unspecified atom stereocenters. The van der Waals surface area contributed by atoms with Crippen LogP contribution in [0, 0.1) is 35.5 Å². The lowest BCUT2D eigenvalue weighted by Gasteiger charge is -2.30. The summed E-state index contributed by atoms with van der Waals surface area (Å²) in [6.07, 6.45) is 22.3. The third kappa shape index (κ3) is 21.1. The molecule has 2 aliphatic rings. The Balaban J connectivity index is 0.000000703. The molecule has 0 saturated heterocycles. The number of carbonyl (C=O) groups is 4. The fourth-order valence-electron chi connectivity index (χ4n) is 6.68. The summed E-state index contributed by atoms with van der Waals surface area (Å²) in [5.41, 5.74) is 10.9. The lowest BCUT2D eigenvalue weighted by atomic mass is 9.82. The highest BCUT2D eigenvalue weighted by Crippen LogP contribution is 2.38. The van der Waals surface area contributed by atoms with Crippen molar-refractivity contribution in [3.63, 3.8) is 0 Å². The van der Waals surface area contributed by atoms with Crippen LogP contribution in [0.4, 0.5) is 0 Å². The Hall–Kier alpha value is -2.06. The number of ketones is 3. The summed E-state index contributed by atoms with van der Waals surface area (Å²) in [7, 11) is 0. The molecule has 2 aliphatic carbocycles. The Morgan fingerprint density at radius 1 is 0.854 bits per heavy atom. The van der Waals surface area contributed by atoms with Crippen LogP contribution in [0.2, 0.25) is 0 Å². The highest BCUT2D eigenvalue weighted by atomic mass is 16.5. The minimum atomic E-state index is -0.871. The van der Waals surface area contributed by atoms with Crippen LogP contribution in [0.3, 0.4) is 0 Å². The summed E-state index contributed by atoms with van der Waals surface area (Å²) in [5.74, 6) is 3.43. The SMILES string of the molecule is CC/C=C(\NC(C(C)=O)C1CCCCC1)OC(N)N.CCC(C)C(CC1CC1)C(=O)C=O.CCCCC(C[C@H](CC)CCCC)C(C)=O. The molecular weight excluding hydrogens is 602 g/mol. The summed E-state index contributed by atoms with van der Waals surface area (Å²) in [6.45, 7) is 16.2. The molecule has 280 valence electrons. The first-order valence-electron chi connectivity index (χ1n) is 19.5. The lowest BCUT2D eigenvalue weighted by Crippen LogP contribution is -2.45. The van der Waals surface area contributed by atoms with Gasteiger partial charge in [0.2, 0.25) is 6.35 Å². The number of ether oxygens (including phenoxy) is 1. The molecule has 5 atom stereocenters. The predicted octanol–water partition coefficient (Wildman–Crippen LogP) is 8.79. The average Bonchev–Trinajstić information content (AvgIpc) is 3.90. The highest BCUT2D eigenvalue weighted by Gasteiger charge is 2.31. The molecule has 0 spiro atoms. The number of nitrogens with one attached hydrogen (secondary N) is 1. The van der Waals surface area contributed by atoms with E-state index in [0.717, 1.165) is 56.8 Å². The first kappa shape index (κ1) is 45.9. The summed E-state index contributed by atoms with van der Waals surface area (Å²) in [6, 6.07) is -0.197. The smallest absolute Gasteiger partial charge is 0.203 e. The van der Waals surface area contributed by atoms with Gasteiger partial charge < -0.3 is 10.1 Å². The molecule has 0 aromatic heterocycles. The first-order valence-corrected chi connectivity index (χ1v) is 19.5. The maximum Gasteiger partial charge on any atom is 0.203 e. The number of hydrogen-bond donors (Lipinski definition) is 3. The molecule has 48 heavy (non-hydrogen) atoms. The number of unbranched alkanes of at least 4 members (excludes halogenated alkanes) is 2. The van der Waals surface area contributed by atoms with Crippen LogP contribution >= 0.6 is 0 Å². The van der Waals surface area contributed by atoms with E-state index in [1.54, 1.807) is 13.8 Å². The van der Waals surface area contributed by atoms with Gasteiger partial charge in [-0.05, 0) is 82.1 Å². The van der Waals surface area contributed by atoms with Gasteiger partial charge in [0.25, 0.3) is 0 Å². The molecule has 5 N–H and O–H groups in total. The average molecular weight is 678 g/mol. The van der Waals surface area contributed by atoms with Crippen molar-refractivity contribution in [2.45, 2.75) is 183 Å². The monoisotopic (exact) mass is 678 g/mol. The zero-order valence-corrected chi connectivity index (χ0v) is 32.2. The Morgan fingerprint density at radius 3 is 1.90 bits per heavy atom. The van der Waals surface area contributed by atoms with Gasteiger partial charge in [-0.3, -0.25) is 30.6 Å². The fourth-order valence-corrected chi connectivity index (χ4v) is 6.68. The molecule has 0 aromatic rings. The van der Waals surface area contributed by atoms with E-state index in [1.165, 1.54) is 70.6 Å². The normalized spacial score (nSPS) is 18.2. The topological polar surface area (TPSA) is 142 Å². The van der Waals surface area contributed by atoms with E-state index >= 15 is 0 Å². The van der Waals surface area contributed by atoms with E-state index in [1.807, 2.05) is 13.0 Å². The van der Waals surface area contributed by atoms with Crippen molar-refractivity contribution in [2.75, 3.05) is 0 Å². The molecule has 8 heteroatoms. The van der Waals surface area contributed by atoms with Crippen molar-refractivity contribution >= 4 is 23.6 Å². The number of aldehydes is 1. The van der Waals surface area contributed by atoms with Crippen LogP contribution in [0.1, 0.15) is 171 Å². The third-order valence-electron chi connectivity index (χ3n) is 10.2. The van der Waals surface area contributed by atoms with Gasteiger partial charge in [-0.1, -0.05) is 119 Å². The lowest BCUT2D eigenvalue weighted by molar-refractivity contribution is -0.134. The van der Waals surface area contributed by atoms with Gasteiger partial charge in [-0.2, -0.15) is 0 Å². The second-order valence-electron chi connectivity index (χ2n) is 14.5. The van der Waals surface area contributed by atoms with Gasteiger partial charge in [-0.15, -0.1) is 0 Å². The van der Waals surface area contributed by atoms with Gasteiger partial charge in [0, 0.05) is 11.8 Å². The minimum Gasteiger partial charge on any atom is -0.448 e. The molecule has 0 heterocycles. The predicted molar refractivity (Wildman–Crippen MR) is 199 cm³/mol. The second kappa shape index (κ2) is 27.7. The molecule has 0 radical (unpaired) electrons. The van der Waals surface area contributed by atoms with Crippen molar-refractivity contribution < 1.29 is 23.9 Å². The van der Waals surface area contributed by atoms with Crippen molar-refractivity contribution in [1.29, 1.82) is 0 Å². The van der Waals surface area contributed by atoms with E-state index in [0.29, 0.717) is 35.7 Å². The number of hydrogen-bond acceptors (Lipinski definition) is 8. The van der Waals surface area contributed by atoms with E-state index in [4.69, 9.17) is 16.2 Å². The van der Waals surface area contributed by atoms with Crippen molar-refractivity contribution in [1.82, 2.24) is 5.32 Å². The van der Waals surface area contributed by atoms with Crippen LogP contribution in [0.5, 0.6) is 0 Å². The Labute approximate surface area is 294 Å². The summed E-state index contributed by atoms with van der Waals surface area (Å²) in [5, 5.41) is 3.18. The van der Waals surface area contributed by atoms with E-state index in [2.05, 4.69) is 39.9 Å². The van der Waals surface area contributed by atoms with Gasteiger partial charge in [-0.25, -0.2) is 0 Å². The van der Waals surface area contributed by atoms with Gasteiger partial charge in [0.1, 0.15) is 5.78 Å². The molecule has 0 amide bonds. The summed E-state index contributed by atoms with van der Waals surface area (Å²) < 4.78 is 5.32. The van der Waals surface area contributed by atoms with Crippen LogP contribution in [-0.4, -0.2) is 36.0 Å². The fraction of sp³-hybridized carbons (Fsp3) is 0.850. The van der Waals surface area contributed by atoms with Gasteiger partial charge in [0.15, 0.2) is 23.7 Å². The molecule has 2 fully saturated rings. The Kier molecular flexibility index (Phi) is 26.5. The number of allylic oxidation sites excluding steroid dienone is 1. The van der Waals surface area contributed by atoms with E-state index in [-0.39, 0.29) is 23.5 Å². The maximum absolute atomic E-state index is 11.9.